The molecule has 1 aliphatic rings. The van der Waals surface area contributed by atoms with E-state index in [1.54, 1.807) is 0 Å². The second-order valence-electron chi connectivity index (χ2n) is 6.20. The number of benzene rings is 1. The SMILES string of the molecule is O=C(Cn1cc([N+](=O)[O-])ccc1=O)Nc1cccc(S(=O)(=O)N2CCOCC2)c1. The van der Waals surface area contributed by atoms with Gasteiger partial charge in [0.15, 0.2) is 0 Å². The van der Waals surface area contributed by atoms with Crippen LogP contribution in [0, 0.1) is 10.1 Å². The van der Waals surface area contributed by atoms with E-state index in [1.807, 2.05) is 0 Å². The third-order valence-corrected chi connectivity index (χ3v) is 6.11. The van der Waals surface area contributed by atoms with Crippen LogP contribution in [-0.2, 0) is 26.1 Å². The number of sulfonamides is 1. The van der Waals surface area contributed by atoms with Gasteiger partial charge in [0.2, 0.25) is 15.9 Å². The van der Waals surface area contributed by atoms with Crippen LogP contribution in [0.1, 0.15) is 0 Å². The summed E-state index contributed by atoms with van der Waals surface area (Å²) in [6.07, 6.45) is 0.973. The normalized spacial score (nSPS) is 15.0. The molecule has 0 unspecified atom stereocenters. The van der Waals surface area contributed by atoms with Gasteiger partial charge in [0.25, 0.3) is 11.2 Å². The number of ether oxygens (including phenoxy) is 1. The first-order valence-corrected chi connectivity index (χ1v) is 10.0. The number of pyridine rings is 1. The molecule has 0 atom stereocenters. The highest BCUT2D eigenvalue weighted by Gasteiger charge is 2.26. The molecule has 154 valence electrons. The number of hydrogen-bond donors (Lipinski definition) is 1. The summed E-state index contributed by atoms with van der Waals surface area (Å²) in [6.45, 7) is 0.658. The monoisotopic (exact) mass is 422 g/mol. The van der Waals surface area contributed by atoms with Crippen LogP contribution in [0.4, 0.5) is 11.4 Å². The topological polar surface area (TPSA) is 141 Å². The van der Waals surface area contributed by atoms with E-state index in [9.17, 15) is 28.1 Å². The smallest absolute Gasteiger partial charge is 0.285 e. The lowest BCUT2D eigenvalue weighted by molar-refractivity contribution is -0.385. The van der Waals surface area contributed by atoms with Crippen molar-refractivity contribution in [3.63, 3.8) is 0 Å². The van der Waals surface area contributed by atoms with E-state index in [0.717, 1.165) is 22.9 Å². The molecule has 1 aliphatic heterocycles. The third kappa shape index (κ3) is 4.85. The largest absolute Gasteiger partial charge is 0.379 e. The molecule has 2 heterocycles. The fourth-order valence-electron chi connectivity index (χ4n) is 2.78. The van der Waals surface area contributed by atoms with Crippen molar-refractivity contribution in [2.75, 3.05) is 31.6 Å². The van der Waals surface area contributed by atoms with Crippen LogP contribution in [0.5, 0.6) is 0 Å². The summed E-state index contributed by atoms with van der Waals surface area (Å²) >= 11 is 0. The van der Waals surface area contributed by atoms with Gasteiger partial charge in [0, 0.05) is 30.9 Å². The average molecular weight is 422 g/mol. The Hall–Kier alpha value is -3.09. The van der Waals surface area contributed by atoms with E-state index in [0.29, 0.717) is 13.2 Å². The van der Waals surface area contributed by atoms with Gasteiger partial charge in [-0.2, -0.15) is 4.31 Å². The number of amides is 1. The minimum atomic E-state index is -3.73. The van der Waals surface area contributed by atoms with E-state index in [1.165, 1.54) is 28.6 Å². The van der Waals surface area contributed by atoms with Crippen LogP contribution in [0.2, 0.25) is 0 Å². The Morgan fingerprint density at radius 1 is 1.21 bits per heavy atom. The van der Waals surface area contributed by atoms with Gasteiger partial charge in [0.05, 0.1) is 29.2 Å². The summed E-state index contributed by atoms with van der Waals surface area (Å²) in [5.74, 6) is -0.631. The minimum absolute atomic E-state index is 0.0183. The predicted octanol–water partition coefficient (Wildman–Crippen LogP) is 0.416. The number of rotatable bonds is 6. The Morgan fingerprint density at radius 3 is 2.62 bits per heavy atom. The van der Waals surface area contributed by atoms with Crippen LogP contribution in [0.15, 0.2) is 52.3 Å². The average Bonchev–Trinajstić information content (AvgIpc) is 2.70. The fourth-order valence-corrected chi connectivity index (χ4v) is 4.23. The quantitative estimate of drug-likeness (QED) is 0.525. The lowest BCUT2D eigenvalue weighted by Crippen LogP contribution is -2.40. The number of hydrogen-bond acceptors (Lipinski definition) is 7. The minimum Gasteiger partial charge on any atom is -0.379 e. The first-order valence-electron chi connectivity index (χ1n) is 8.60. The zero-order valence-electron chi connectivity index (χ0n) is 15.2. The molecule has 0 saturated carbocycles. The lowest BCUT2D eigenvalue weighted by atomic mass is 10.3. The number of nitrogens with one attached hydrogen (secondary N) is 1. The number of carbonyl (C=O) groups is 1. The standard InChI is InChI=1S/C17H18N4O7S/c22-16(12-19-11-14(21(24)25)4-5-17(19)23)18-13-2-1-3-15(10-13)29(26,27)20-6-8-28-9-7-20/h1-5,10-11H,6-9,12H2,(H,18,22). The van der Waals surface area contributed by atoms with Crippen LogP contribution in [0.25, 0.3) is 0 Å². The second-order valence-corrected chi connectivity index (χ2v) is 8.14. The molecule has 3 rings (SSSR count). The Bertz CT molecular complexity index is 1090. The fraction of sp³-hybridized carbons (Fsp3) is 0.294. The summed E-state index contributed by atoms with van der Waals surface area (Å²) in [7, 11) is -3.73. The van der Waals surface area contributed by atoms with Crippen molar-refractivity contribution in [1.82, 2.24) is 8.87 Å². The first kappa shape index (κ1) is 20.6. The summed E-state index contributed by atoms with van der Waals surface area (Å²) in [5.41, 5.74) is -0.673. The highest BCUT2D eigenvalue weighted by atomic mass is 32.2. The van der Waals surface area contributed by atoms with Gasteiger partial charge in [-0.05, 0) is 18.2 Å². The van der Waals surface area contributed by atoms with Gasteiger partial charge in [0.1, 0.15) is 6.54 Å². The Labute approximate surface area is 165 Å². The summed E-state index contributed by atoms with van der Waals surface area (Å²) in [6, 6.07) is 7.79. The molecule has 29 heavy (non-hydrogen) atoms. The van der Waals surface area contributed by atoms with Crippen molar-refractivity contribution < 1.29 is 22.9 Å². The molecular weight excluding hydrogens is 404 g/mol. The zero-order chi connectivity index (χ0) is 21.0. The third-order valence-electron chi connectivity index (χ3n) is 4.22. The number of carbonyl (C=O) groups excluding carboxylic acids is 1. The van der Waals surface area contributed by atoms with Crippen molar-refractivity contribution in [2.45, 2.75) is 11.4 Å². The van der Waals surface area contributed by atoms with E-state index < -0.39 is 33.0 Å². The molecule has 12 heteroatoms. The van der Waals surface area contributed by atoms with E-state index in [-0.39, 0.29) is 29.4 Å². The van der Waals surface area contributed by atoms with E-state index >= 15 is 0 Å². The number of aromatic nitrogens is 1. The maximum atomic E-state index is 12.7. The van der Waals surface area contributed by atoms with Crippen molar-refractivity contribution in [3.8, 4) is 0 Å². The molecule has 11 nitrogen and oxygen atoms in total. The van der Waals surface area contributed by atoms with Gasteiger partial charge in [-0.1, -0.05) is 6.07 Å². The highest BCUT2D eigenvalue weighted by molar-refractivity contribution is 7.89. The van der Waals surface area contributed by atoms with Crippen LogP contribution >= 0.6 is 0 Å². The van der Waals surface area contributed by atoms with E-state index in [2.05, 4.69) is 5.32 Å². The van der Waals surface area contributed by atoms with Gasteiger partial charge >= 0.3 is 0 Å². The zero-order valence-corrected chi connectivity index (χ0v) is 16.0. The van der Waals surface area contributed by atoms with Gasteiger partial charge < -0.3 is 10.1 Å². The molecule has 1 N–H and O–H groups in total. The van der Waals surface area contributed by atoms with Gasteiger partial charge in [-0.3, -0.25) is 24.3 Å². The predicted molar refractivity (Wildman–Crippen MR) is 102 cm³/mol. The number of anilines is 1. The Morgan fingerprint density at radius 2 is 1.93 bits per heavy atom. The van der Waals surface area contributed by atoms with Crippen LogP contribution in [0.3, 0.4) is 0 Å². The summed E-state index contributed by atoms with van der Waals surface area (Å²) in [4.78, 5) is 34.2. The number of nitrogens with zero attached hydrogens (tertiary/aromatic N) is 3. The van der Waals surface area contributed by atoms with Crippen molar-refractivity contribution in [2.24, 2.45) is 0 Å². The number of nitro groups is 1. The maximum absolute atomic E-state index is 12.7. The molecule has 1 saturated heterocycles. The molecule has 0 spiro atoms. The lowest BCUT2D eigenvalue weighted by Gasteiger charge is -2.26. The second kappa shape index (κ2) is 8.51. The molecule has 2 aromatic rings. The Balaban J connectivity index is 1.75. The van der Waals surface area contributed by atoms with Crippen molar-refractivity contribution >= 4 is 27.3 Å². The molecule has 1 aromatic carbocycles. The molecule has 1 fully saturated rings. The van der Waals surface area contributed by atoms with Crippen LogP contribution in [-0.4, -0.2) is 54.4 Å². The molecule has 1 amide bonds. The molecule has 1 aromatic heterocycles. The van der Waals surface area contributed by atoms with Crippen molar-refractivity contribution in [3.05, 3.63) is 63.1 Å². The summed E-state index contributed by atoms with van der Waals surface area (Å²) in [5, 5.41) is 13.3. The highest BCUT2D eigenvalue weighted by Crippen LogP contribution is 2.20. The van der Waals surface area contributed by atoms with Gasteiger partial charge in [-0.15, -0.1) is 0 Å². The molecule has 0 bridgehead atoms. The van der Waals surface area contributed by atoms with Crippen molar-refractivity contribution in [1.29, 1.82) is 0 Å². The summed E-state index contributed by atoms with van der Waals surface area (Å²) < 4.78 is 32.8. The van der Waals surface area contributed by atoms with Gasteiger partial charge in [-0.25, -0.2) is 8.42 Å². The molecule has 0 aliphatic carbocycles. The maximum Gasteiger partial charge on any atom is 0.285 e. The Kier molecular flexibility index (Phi) is 6.06. The van der Waals surface area contributed by atoms with Crippen LogP contribution < -0.4 is 10.9 Å². The number of morpholine rings is 1. The molecule has 0 radical (unpaired) electrons. The molecular formula is C17H18N4O7S. The first-order chi connectivity index (χ1) is 13.8. The van der Waals surface area contributed by atoms with E-state index in [4.69, 9.17) is 4.74 Å².